The molecule has 1 radical (unpaired) electrons. The molecule has 4 nitrogen and oxygen atoms in total. The highest BCUT2D eigenvalue weighted by molar-refractivity contribution is 6.05. The summed E-state index contributed by atoms with van der Waals surface area (Å²) in [6, 6.07) is 9.56. The first-order chi connectivity index (χ1) is 9.55. The quantitative estimate of drug-likeness (QED) is 0.626. The van der Waals surface area contributed by atoms with Crippen LogP contribution in [0.1, 0.15) is 12.0 Å². The second-order valence-corrected chi connectivity index (χ2v) is 4.82. The number of ether oxygens (including phenoxy) is 2. The molecular weight excluding hydrogens is 256 g/mol. The minimum Gasteiger partial charge on any atom is -0.468 e. The van der Waals surface area contributed by atoms with Crippen LogP contribution >= 0.6 is 0 Å². The number of hydrogen-bond donors (Lipinski definition) is 0. The molecule has 105 valence electrons. The van der Waals surface area contributed by atoms with Crippen LogP contribution in [0.5, 0.6) is 0 Å². The lowest BCUT2D eigenvalue weighted by atomic mass is 9.85. The molecule has 0 spiro atoms. The predicted molar refractivity (Wildman–Crippen MR) is 74.3 cm³/mol. The first-order valence-electron chi connectivity index (χ1n) is 6.33. The van der Waals surface area contributed by atoms with Crippen molar-refractivity contribution in [3.8, 4) is 0 Å². The Balaban J connectivity index is 2.49. The maximum atomic E-state index is 12.1. The number of allylic oxidation sites excluding steroid dienone is 1. The SMILES string of the molecule is [CH2]C1CC(C(=O)OC)(C(=O)OC)C=C1c1ccccc1. The van der Waals surface area contributed by atoms with Crippen molar-refractivity contribution in [3.63, 3.8) is 0 Å². The van der Waals surface area contributed by atoms with Gasteiger partial charge in [0.1, 0.15) is 0 Å². The average molecular weight is 273 g/mol. The summed E-state index contributed by atoms with van der Waals surface area (Å²) in [5, 5.41) is 0. The number of rotatable bonds is 3. The number of esters is 2. The summed E-state index contributed by atoms with van der Waals surface area (Å²) >= 11 is 0. The number of carbonyl (C=O) groups is 2. The van der Waals surface area contributed by atoms with Gasteiger partial charge in [0.25, 0.3) is 0 Å². The average Bonchev–Trinajstić information content (AvgIpc) is 2.85. The Labute approximate surface area is 118 Å². The smallest absolute Gasteiger partial charge is 0.327 e. The second-order valence-electron chi connectivity index (χ2n) is 4.82. The van der Waals surface area contributed by atoms with Crippen molar-refractivity contribution in [3.05, 3.63) is 48.9 Å². The van der Waals surface area contributed by atoms with Gasteiger partial charge in [0.15, 0.2) is 5.41 Å². The van der Waals surface area contributed by atoms with Crippen LogP contribution in [-0.4, -0.2) is 26.2 Å². The standard InChI is InChI=1S/C16H17O4/c1-11-9-16(14(17)19-2,15(18)20-3)10-13(11)12-7-5-4-6-8-12/h4-8,10-11H,1,9H2,2-3H3. The minimum atomic E-state index is -1.39. The number of hydrogen-bond acceptors (Lipinski definition) is 4. The minimum absolute atomic E-state index is 0.171. The van der Waals surface area contributed by atoms with Crippen LogP contribution < -0.4 is 0 Å². The molecule has 0 fully saturated rings. The predicted octanol–water partition coefficient (Wildman–Crippen LogP) is 2.26. The summed E-state index contributed by atoms with van der Waals surface area (Å²) < 4.78 is 9.56. The Bertz CT molecular complexity index is 529. The first kappa shape index (κ1) is 14.3. The van der Waals surface area contributed by atoms with Gasteiger partial charge in [0.2, 0.25) is 0 Å². The largest absolute Gasteiger partial charge is 0.468 e. The summed E-state index contributed by atoms with van der Waals surface area (Å²) in [5.41, 5.74) is 0.421. The first-order valence-corrected chi connectivity index (χ1v) is 6.33. The summed E-state index contributed by atoms with van der Waals surface area (Å²) in [7, 11) is 2.53. The van der Waals surface area contributed by atoms with E-state index in [4.69, 9.17) is 9.47 Å². The van der Waals surface area contributed by atoms with Gasteiger partial charge in [0, 0.05) is 0 Å². The van der Waals surface area contributed by atoms with E-state index in [1.165, 1.54) is 14.2 Å². The fourth-order valence-electron chi connectivity index (χ4n) is 2.62. The lowest BCUT2D eigenvalue weighted by Gasteiger charge is -2.21. The molecule has 0 bridgehead atoms. The Morgan fingerprint density at radius 3 is 2.20 bits per heavy atom. The van der Waals surface area contributed by atoms with Crippen molar-refractivity contribution in [1.82, 2.24) is 0 Å². The molecule has 1 aromatic carbocycles. The van der Waals surface area contributed by atoms with Crippen molar-refractivity contribution in [2.45, 2.75) is 6.42 Å². The van der Waals surface area contributed by atoms with Crippen LogP contribution in [0.2, 0.25) is 0 Å². The molecule has 4 heteroatoms. The van der Waals surface area contributed by atoms with E-state index < -0.39 is 17.4 Å². The number of benzene rings is 1. The molecule has 0 saturated heterocycles. The van der Waals surface area contributed by atoms with Crippen LogP contribution in [-0.2, 0) is 19.1 Å². The normalized spacial score (nSPS) is 20.1. The zero-order valence-corrected chi connectivity index (χ0v) is 11.6. The number of methoxy groups -OCH3 is 2. The molecule has 0 amide bonds. The third-order valence-corrected chi connectivity index (χ3v) is 3.62. The second kappa shape index (κ2) is 5.49. The van der Waals surface area contributed by atoms with Gasteiger partial charge < -0.3 is 9.47 Å². The Morgan fingerprint density at radius 1 is 1.15 bits per heavy atom. The van der Waals surface area contributed by atoms with Gasteiger partial charge >= 0.3 is 11.9 Å². The fraction of sp³-hybridized carbons (Fsp3) is 0.312. The molecule has 0 N–H and O–H groups in total. The third-order valence-electron chi connectivity index (χ3n) is 3.62. The zero-order valence-electron chi connectivity index (χ0n) is 11.6. The van der Waals surface area contributed by atoms with Crippen LogP contribution in [0.15, 0.2) is 36.4 Å². The van der Waals surface area contributed by atoms with Crippen LogP contribution in [0.25, 0.3) is 5.57 Å². The van der Waals surface area contributed by atoms with Crippen LogP contribution in [0.3, 0.4) is 0 Å². The van der Waals surface area contributed by atoms with Gasteiger partial charge in [-0.1, -0.05) is 36.4 Å². The monoisotopic (exact) mass is 273 g/mol. The van der Waals surface area contributed by atoms with E-state index in [0.29, 0.717) is 0 Å². The molecule has 0 aliphatic heterocycles. The molecular formula is C16H17O4. The molecule has 1 aromatic rings. The van der Waals surface area contributed by atoms with Gasteiger partial charge in [-0.05, 0) is 30.4 Å². The van der Waals surface area contributed by atoms with Crippen molar-refractivity contribution >= 4 is 17.5 Å². The highest BCUT2D eigenvalue weighted by Gasteiger charge is 2.52. The maximum Gasteiger partial charge on any atom is 0.327 e. The van der Waals surface area contributed by atoms with Crippen LogP contribution in [0, 0.1) is 18.3 Å². The molecule has 1 unspecified atom stereocenters. The van der Waals surface area contributed by atoms with Gasteiger partial charge in [0.05, 0.1) is 14.2 Å². The molecule has 1 atom stereocenters. The maximum absolute atomic E-state index is 12.1. The number of carbonyl (C=O) groups excluding carboxylic acids is 2. The van der Waals surface area contributed by atoms with E-state index in [-0.39, 0.29) is 12.3 Å². The Hall–Kier alpha value is -2.10. The van der Waals surface area contributed by atoms with Gasteiger partial charge in [-0.3, -0.25) is 9.59 Å². The van der Waals surface area contributed by atoms with E-state index in [0.717, 1.165) is 11.1 Å². The summed E-state index contributed by atoms with van der Waals surface area (Å²) in [6.45, 7) is 4.04. The highest BCUT2D eigenvalue weighted by atomic mass is 16.5. The third kappa shape index (κ3) is 2.22. The summed E-state index contributed by atoms with van der Waals surface area (Å²) in [6.07, 6.45) is 1.90. The van der Waals surface area contributed by atoms with Crippen LogP contribution in [0.4, 0.5) is 0 Å². The van der Waals surface area contributed by atoms with Crippen molar-refractivity contribution in [2.75, 3.05) is 14.2 Å². The van der Waals surface area contributed by atoms with Gasteiger partial charge in [-0.25, -0.2) is 0 Å². The molecule has 0 saturated carbocycles. The van der Waals surface area contributed by atoms with Crippen molar-refractivity contribution in [2.24, 2.45) is 11.3 Å². The Morgan fingerprint density at radius 2 is 1.70 bits per heavy atom. The van der Waals surface area contributed by atoms with E-state index in [1.54, 1.807) is 6.08 Å². The molecule has 0 heterocycles. The molecule has 2 rings (SSSR count). The highest BCUT2D eigenvalue weighted by Crippen LogP contribution is 2.45. The lowest BCUT2D eigenvalue weighted by molar-refractivity contribution is -0.165. The zero-order chi connectivity index (χ0) is 14.8. The summed E-state index contributed by atoms with van der Waals surface area (Å²) in [5.74, 6) is -1.39. The molecule has 0 aromatic heterocycles. The topological polar surface area (TPSA) is 52.6 Å². The van der Waals surface area contributed by atoms with Crippen molar-refractivity contribution < 1.29 is 19.1 Å². The molecule has 1 aliphatic carbocycles. The van der Waals surface area contributed by atoms with E-state index in [2.05, 4.69) is 6.92 Å². The van der Waals surface area contributed by atoms with E-state index in [1.807, 2.05) is 30.3 Å². The fourth-order valence-corrected chi connectivity index (χ4v) is 2.62. The van der Waals surface area contributed by atoms with E-state index >= 15 is 0 Å². The lowest BCUT2D eigenvalue weighted by Crippen LogP contribution is -2.38. The summed E-state index contributed by atoms with van der Waals surface area (Å²) in [4.78, 5) is 24.1. The van der Waals surface area contributed by atoms with Gasteiger partial charge in [-0.2, -0.15) is 0 Å². The molecule has 1 aliphatic rings. The Kier molecular flexibility index (Phi) is 3.93. The van der Waals surface area contributed by atoms with E-state index in [9.17, 15) is 9.59 Å². The molecule has 20 heavy (non-hydrogen) atoms. The van der Waals surface area contributed by atoms with Gasteiger partial charge in [-0.15, -0.1) is 0 Å². The van der Waals surface area contributed by atoms with Crippen molar-refractivity contribution in [1.29, 1.82) is 0 Å².